The van der Waals surface area contributed by atoms with Gasteiger partial charge in [-0.15, -0.1) is 0 Å². The summed E-state index contributed by atoms with van der Waals surface area (Å²) in [4.78, 5) is 24.4. The van der Waals surface area contributed by atoms with Crippen molar-refractivity contribution in [2.75, 3.05) is 6.54 Å². The standard InChI is InChI=1S/C29H28F8N2O4S/c30-19-6-8-20(9-7-19)44(42,43)26-13-12-23(39-25(41)17-4-11-24(40)38-15-17)22(26)3-1-2-16-14-18(5-10-21(16)26)27(31,28(32,33)34)29(35,36)37/h5-10,14,17,22-23H,1-4,11-13,15H2,(H,38,40)(H,39,41)/t17?,22-,23+,26+/m0/s1. The fourth-order valence-corrected chi connectivity index (χ4v) is 9.48. The van der Waals surface area contributed by atoms with Crippen molar-refractivity contribution in [3.63, 3.8) is 0 Å². The van der Waals surface area contributed by atoms with Crippen LogP contribution in [0.15, 0.2) is 47.4 Å². The summed E-state index contributed by atoms with van der Waals surface area (Å²) < 4.78 is 137. The molecular formula is C29H28F8N2O4S. The first-order valence-corrected chi connectivity index (χ1v) is 15.5. The van der Waals surface area contributed by atoms with E-state index in [-0.39, 0.29) is 73.4 Å². The van der Waals surface area contributed by atoms with Crippen LogP contribution in [0.1, 0.15) is 55.2 Å². The number of nitrogens with one attached hydrogen (secondary N) is 2. The molecule has 0 aromatic heterocycles. The number of aryl methyl sites for hydroxylation is 1. The lowest BCUT2D eigenvalue weighted by Crippen LogP contribution is -2.51. The van der Waals surface area contributed by atoms with Crippen LogP contribution in [0.3, 0.4) is 0 Å². The molecule has 1 unspecified atom stereocenters. The topological polar surface area (TPSA) is 92.3 Å². The van der Waals surface area contributed by atoms with Gasteiger partial charge in [0.2, 0.25) is 11.8 Å². The molecule has 5 rings (SSSR count). The summed E-state index contributed by atoms with van der Waals surface area (Å²) in [5, 5.41) is 5.48. The van der Waals surface area contributed by atoms with Gasteiger partial charge < -0.3 is 10.6 Å². The van der Waals surface area contributed by atoms with E-state index in [4.69, 9.17) is 0 Å². The smallest absolute Gasteiger partial charge is 0.355 e. The van der Waals surface area contributed by atoms with Crippen molar-refractivity contribution in [2.24, 2.45) is 11.8 Å². The van der Waals surface area contributed by atoms with Gasteiger partial charge in [0.15, 0.2) is 9.84 Å². The molecule has 1 saturated heterocycles. The van der Waals surface area contributed by atoms with Gasteiger partial charge in [-0.05, 0) is 73.9 Å². The summed E-state index contributed by atoms with van der Waals surface area (Å²) in [5.41, 5.74) is -7.69. The van der Waals surface area contributed by atoms with Crippen molar-refractivity contribution in [1.82, 2.24) is 10.6 Å². The molecule has 2 aromatic carbocycles. The number of benzene rings is 2. The van der Waals surface area contributed by atoms with Crippen LogP contribution in [-0.4, -0.2) is 45.2 Å². The molecule has 3 aliphatic rings. The Morgan fingerprint density at radius 2 is 1.57 bits per heavy atom. The zero-order valence-corrected chi connectivity index (χ0v) is 23.8. The van der Waals surface area contributed by atoms with Crippen LogP contribution in [-0.2, 0) is 36.3 Å². The van der Waals surface area contributed by atoms with E-state index < -0.39 is 67.8 Å². The number of hydrogen-bond donors (Lipinski definition) is 2. The Bertz CT molecular complexity index is 1530. The van der Waals surface area contributed by atoms with Gasteiger partial charge in [-0.2, -0.15) is 26.3 Å². The summed E-state index contributed by atoms with van der Waals surface area (Å²) >= 11 is 0. The zero-order valence-electron chi connectivity index (χ0n) is 23.0. The Labute approximate surface area is 247 Å². The molecular weight excluding hydrogens is 624 g/mol. The molecule has 15 heteroatoms. The highest BCUT2D eigenvalue weighted by Gasteiger charge is 2.73. The Hall–Kier alpha value is -3.23. The molecule has 6 nitrogen and oxygen atoms in total. The largest absolute Gasteiger partial charge is 0.435 e. The second kappa shape index (κ2) is 11.0. The van der Waals surface area contributed by atoms with Gasteiger partial charge in [-0.25, -0.2) is 17.2 Å². The first-order valence-electron chi connectivity index (χ1n) is 14.0. The first-order chi connectivity index (χ1) is 20.4. The van der Waals surface area contributed by atoms with Crippen LogP contribution < -0.4 is 10.6 Å². The molecule has 240 valence electrons. The van der Waals surface area contributed by atoms with Gasteiger partial charge in [-0.3, -0.25) is 9.59 Å². The van der Waals surface area contributed by atoms with Crippen molar-refractivity contribution in [3.8, 4) is 0 Å². The molecule has 4 atom stereocenters. The van der Waals surface area contributed by atoms with Crippen molar-refractivity contribution in [2.45, 2.75) is 78.7 Å². The number of hydrogen-bond acceptors (Lipinski definition) is 4. The van der Waals surface area contributed by atoms with Crippen LogP contribution in [0.4, 0.5) is 35.1 Å². The Morgan fingerprint density at radius 3 is 2.16 bits per heavy atom. The van der Waals surface area contributed by atoms with Gasteiger partial charge in [0.25, 0.3) is 0 Å². The summed E-state index contributed by atoms with van der Waals surface area (Å²) in [6.45, 7) is 0.0794. The summed E-state index contributed by atoms with van der Waals surface area (Å²) in [6, 6.07) is 4.68. The van der Waals surface area contributed by atoms with Gasteiger partial charge in [0.05, 0.1) is 10.8 Å². The lowest BCUT2D eigenvalue weighted by molar-refractivity contribution is -0.348. The maximum absolute atomic E-state index is 15.0. The monoisotopic (exact) mass is 652 g/mol. The number of alkyl halides is 7. The third kappa shape index (κ3) is 5.04. The molecule has 2 N–H and O–H groups in total. The predicted molar refractivity (Wildman–Crippen MR) is 140 cm³/mol. The summed E-state index contributed by atoms with van der Waals surface area (Å²) in [5.74, 6) is -2.85. The lowest BCUT2D eigenvalue weighted by atomic mass is 9.82. The lowest BCUT2D eigenvalue weighted by Gasteiger charge is -2.38. The van der Waals surface area contributed by atoms with Gasteiger partial charge >= 0.3 is 18.0 Å². The molecule has 2 aromatic rings. The van der Waals surface area contributed by atoms with Crippen LogP contribution in [0, 0.1) is 17.7 Å². The zero-order chi connectivity index (χ0) is 32.3. The van der Waals surface area contributed by atoms with E-state index >= 15 is 4.39 Å². The fraction of sp³-hybridized carbons (Fsp3) is 0.517. The van der Waals surface area contributed by atoms with Crippen LogP contribution in [0.5, 0.6) is 0 Å². The highest BCUT2D eigenvalue weighted by Crippen LogP contribution is 2.58. The van der Waals surface area contributed by atoms with Crippen LogP contribution in [0.25, 0.3) is 0 Å². The number of carbonyl (C=O) groups excluding carboxylic acids is 2. The van der Waals surface area contributed by atoms with E-state index in [1.807, 2.05) is 0 Å². The summed E-state index contributed by atoms with van der Waals surface area (Å²) in [6.07, 6.45) is -12.3. The second-order valence-corrected chi connectivity index (χ2v) is 13.8. The van der Waals surface area contributed by atoms with Crippen LogP contribution in [0.2, 0.25) is 0 Å². The second-order valence-electron chi connectivity index (χ2n) is 11.6. The SMILES string of the molecule is O=C1CCC(C(=O)N[C@@H]2CC[C@@]3(S(=O)(=O)c4ccc(F)cc4)c4ccc(C(F)(C(F)(F)F)C(F)(F)F)cc4CCC[C@@H]23)CN1. The normalized spacial score (nSPS) is 26.3. The number of sulfone groups is 1. The van der Waals surface area contributed by atoms with Crippen molar-refractivity contribution in [3.05, 3.63) is 65.0 Å². The Morgan fingerprint density at radius 1 is 0.909 bits per heavy atom. The predicted octanol–water partition coefficient (Wildman–Crippen LogP) is 5.54. The molecule has 0 bridgehead atoms. The van der Waals surface area contributed by atoms with Gasteiger partial charge in [-0.1, -0.05) is 18.2 Å². The Kier molecular flexibility index (Phi) is 8.03. The molecule has 1 aliphatic heterocycles. The Balaban J connectivity index is 1.64. The molecule has 44 heavy (non-hydrogen) atoms. The maximum Gasteiger partial charge on any atom is 0.435 e. The number of amides is 2. The number of fused-ring (bicyclic) bond motifs is 3. The average molecular weight is 653 g/mol. The average Bonchev–Trinajstić information content (AvgIpc) is 3.21. The molecule has 0 radical (unpaired) electrons. The highest BCUT2D eigenvalue weighted by molar-refractivity contribution is 7.92. The molecule has 1 heterocycles. The fourth-order valence-electron chi connectivity index (χ4n) is 7.01. The molecule has 2 amide bonds. The number of carbonyl (C=O) groups is 2. The third-order valence-corrected chi connectivity index (χ3v) is 11.8. The van der Waals surface area contributed by atoms with Crippen molar-refractivity contribution in [1.29, 1.82) is 0 Å². The van der Waals surface area contributed by atoms with E-state index in [1.165, 1.54) is 0 Å². The minimum absolute atomic E-state index is 0.0794. The maximum atomic E-state index is 15.0. The third-order valence-electron chi connectivity index (χ3n) is 9.18. The van der Waals surface area contributed by atoms with Crippen molar-refractivity contribution < 1.29 is 53.1 Å². The van der Waals surface area contributed by atoms with Gasteiger partial charge in [0.1, 0.15) is 10.6 Å². The molecule has 1 saturated carbocycles. The minimum atomic E-state index is -6.36. The minimum Gasteiger partial charge on any atom is -0.355 e. The number of rotatable bonds is 5. The quantitative estimate of drug-likeness (QED) is 0.328. The number of piperidine rings is 1. The highest BCUT2D eigenvalue weighted by atomic mass is 32.2. The van der Waals surface area contributed by atoms with E-state index in [0.29, 0.717) is 12.1 Å². The first kappa shape index (κ1) is 32.2. The molecule has 2 aliphatic carbocycles. The van der Waals surface area contributed by atoms with E-state index in [1.54, 1.807) is 0 Å². The van der Waals surface area contributed by atoms with E-state index in [9.17, 15) is 48.7 Å². The van der Waals surface area contributed by atoms with Crippen molar-refractivity contribution >= 4 is 21.7 Å². The van der Waals surface area contributed by atoms with E-state index in [2.05, 4.69) is 10.6 Å². The molecule has 0 spiro atoms. The van der Waals surface area contributed by atoms with Crippen LogP contribution >= 0.6 is 0 Å². The number of halogens is 8. The molecule has 2 fully saturated rings. The van der Waals surface area contributed by atoms with E-state index in [0.717, 1.165) is 30.3 Å². The van der Waals surface area contributed by atoms with Gasteiger partial charge in [0, 0.05) is 30.5 Å². The summed E-state index contributed by atoms with van der Waals surface area (Å²) in [7, 11) is -4.53.